The average molecular weight is 503 g/mol. The van der Waals surface area contributed by atoms with Crippen LogP contribution in [0.2, 0.25) is 0 Å². The second-order valence-electron chi connectivity index (χ2n) is 11.2. The zero-order valence-corrected chi connectivity index (χ0v) is 21.8. The van der Waals surface area contributed by atoms with Crippen LogP contribution < -0.4 is 0 Å². The van der Waals surface area contributed by atoms with E-state index in [0.717, 1.165) is 37.5 Å². The summed E-state index contributed by atoms with van der Waals surface area (Å²) in [6.07, 6.45) is 11.6. The number of aliphatic carboxylic acids is 1. The Kier molecular flexibility index (Phi) is 12.5. The van der Waals surface area contributed by atoms with Gasteiger partial charge in [0.25, 0.3) is 0 Å². The van der Waals surface area contributed by atoms with Crippen LogP contribution in [0.15, 0.2) is 0 Å². The van der Waals surface area contributed by atoms with E-state index in [4.69, 9.17) is 5.11 Å². The highest BCUT2D eigenvalue weighted by Gasteiger charge is 2.62. The summed E-state index contributed by atoms with van der Waals surface area (Å²) in [7, 11) is 0. The Morgan fingerprint density at radius 2 is 1.34 bits per heavy atom. The number of carboxylic acid groups (broad SMARTS) is 1. The molecule has 0 heterocycles. The van der Waals surface area contributed by atoms with Crippen LogP contribution in [-0.2, 0) is 4.79 Å². The fourth-order valence-electron chi connectivity index (χ4n) is 8.40. The molecule has 4 fully saturated rings. The number of aliphatic hydroxyl groups is 4. The molecule has 7 atom stereocenters. The van der Waals surface area contributed by atoms with Crippen molar-refractivity contribution >= 4 is 5.97 Å². The van der Waals surface area contributed by atoms with Gasteiger partial charge in [-0.3, -0.25) is 0 Å². The number of carbonyl (C=O) groups is 1. The predicted molar refractivity (Wildman–Crippen MR) is 143 cm³/mol. The van der Waals surface area contributed by atoms with Gasteiger partial charge in [0.2, 0.25) is 5.79 Å². The van der Waals surface area contributed by atoms with Crippen molar-refractivity contribution in [2.45, 2.75) is 139 Å². The van der Waals surface area contributed by atoms with Crippen LogP contribution in [-0.4, -0.2) is 43.1 Å². The second-order valence-corrected chi connectivity index (χ2v) is 11.2. The highest BCUT2D eigenvalue weighted by molar-refractivity contribution is 5.76. The zero-order valence-electron chi connectivity index (χ0n) is 21.8. The molecule has 0 spiro atoms. The molecule has 0 aromatic heterocycles. The van der Waals surface area contributed by atoms with Crippen LogP contribution in [0.25, 0.3) is 0 Å². The number of fused-ring (bicyclic) bond motifs is 5. The van der Waals surface area contributed by atoms with Crippen molar-refractivity contribution in [1.82, 2.24) is 0 Å². The first-order chi connectivity index (χ1) is 15.4. The highest BCUT2D eigenvalue weighted by atomic mass is 16.6. The summed E-state index contributed by atoms with van der Waals surface area (Å²) in [5.74, 6) is -6.05. The molecule has 0 radical (unpaired) electrons. The monoisotopic (exact) mass is 502 g/mol. The molecule has 0 aliphatic heterocycles. The van der Waals surface area contributed by atoms with Gasteiger partial charge in [-0.05, 0) is 91.8 Å². The van der Waals surface area contributed by atoms with E-state index in [-0.39, 0.29) is 32.6 Å². The van der Waals surface area contributed by atoms with Crippen LogP contribution in [0.1, 0.15) is 127 Å². The molecule has 5 N–H and O–H groups in total. The molecule has 4 aliphatic rings. The fraction of sp³-hybridized carbons (Fsp3) is 0.966. The summed E-state index contributed by atoms with van der Waals surface area (Å²) < 4.78 is 0. The lowest BCUT2D eigenvalue weighted by Crippen LogP contribution is -2.61. The molecule has 6 heteroatoms. The van der Waals surface area contributed by atoms with Crippen LogP contribution in [0.5, 0.6) is 0 Å². The van der Waals surface area contributed by atoms with E-state index in [0.29, 0.717) is 17.3 Å². The maximum Gasteiger partial charge on any atom is 0.370 e. The SMILES string of the molecule is C.C.CC.CC.CC12CCCCC1CCC1C2CCC2(C)C(CC(O)(O)C(O)(O)C(=O)O)CCC12. The Hall–Kier alpha value is -0.690. The third kappa shape index (κ3) is 5.76. The molecule has 0 aromatic rings. The first-order valence-electron chi connectivity index (χ1n) is 13.6. The van der Waals surface area contributed by atoms with Gasteiger partial charge in [-0.25, -0.2) is 4.79 Å². The van der Waals surface area contributed by atoms with Crippen molar-refractivity contribution in [3.05, 3.63) is 0 Å². The minimum absolute atomic E-state index is 0. The van der Waals surface area contributed by atoms with Gasteiger partial charge >= 0.3 is 11.8 Å². The van der Waals surface area contributed by atoms with E-state index in [1.54, 1.807) is 0 Å². The van der Waals surface area contributed by atoms with Crippen LogP contribution in [0.3, 0.4) is 0 Å². The molecule has 4 aliphatic carbocycles. The van der Waals surface area contributed by atoms with Crippen LogP contribution in [0, 0.1) is 40.4 Å². The average Bonchev–Trinajstić information content (AvgIpc) is 3.11. The van der Waals surface area contributed by atoms with E-state index in [1.807, 2.05) is 27.7 Å². The van der Waals surface area contributed by atoms with E-state index < -0.39 is 17.5 Å². The lowest BCUT2D eigenvalue weighted by atomic mass is 9.45. The molecule has 210 valence electrons. The Morgan fingerprint density at radius 1 is 0.771 bits per heavy atom. The maximum atomic E-state index is 11.1. The molecular formula is C29H58O6. The van der Waals surface area contributed by atoms with Crippen molar-refractivity contribution in [2.24, 2.45) is 40.4 Å². The summed E-state index contributed by atoms with van der Waals surface area (Å²) in [5, 5.41) is 49.1. The molecular weight excluding hydrogens is 444 g/mol. The van der Waals surface area contributed by atoms with Crippen molar-refractivity contribution < 1.29 is 30.3 Å². The number of carboxylic acids is 1. The molecule has 4 rings (SSSR count). The fourth-order valence-corrected chi connectivity index (χ4v) is 8.40. The van der Waals surface area contributed by atoms with Crippen molar-refractivity contribution in [3.8, 4) is 0 Å². The molecule has 0 amide bonds. The Bertz CT molecular complexity index is 662. The molecule has 0 bridgehead atoms. The molecule has 4 saturated carbocycles. The molecule has 6 nitrogen and oxygen atoms in total. The number of rotatable bonds is 4. The van der Waals surface area contributed by atoms with Crippen molar-refractivity contribution in [2.75, 3.05) is 0 Å². The molecule has 7 unspecified atom stereocenters. The lowest BCUT2D eigenvalue weighted by Gasteiger charge is -2.60. The van der Waals surface area contributed by atoms with Gasteiger partial charge in [-0.2, -0.15) is 0 Å². The van der Waals surface area contributed by atoms with Crippen molar-refractivity contribution in [3.63, 3.8) is 0 Å². The predicted octanol–water partition coefficient (Wildman–Crippen LogP) is 6.20. The smallest absolute Gasteiger partial charge is 0.370 e. The van der Waals surface area contributed by atoms with Gasteiger partial charge in [0.15, 0.2) is 0 Å². The van der Waals surface area contributed by atoms with Gasteiger partial charge < -0.3 is 25.5 Å². The topological polar surface area (TPSA) is 118 Å². The summed E-state index contributed by atoms with van der Waals surface area (Å²) in [6.45, 7) is 12.7. The summed E-state index contributed by atoms with van der Waals surface area (Å²) in [4.78, 5) is 11.1. The third-order valence-electron chi connectivity index (χ3n) is 10.2. The van der Waals surface area contributed by atoms with E-state index >= 15 is 0 Å². The number of hydrogen-bond donors (Lipinski definition) is 5. The standard InChI is InChI=1S/C23H38O6.2C2H6.2CH4/c1-20-11-4-3-5-14(20)6-8-16-17-9-7-15(21(17,2)12-10-18(16)20)13-22(26,27)23(28,29)19(24)25;2*1-2;;/h14-18,26-29H,3-13H2,1-2H3,(H,24,25);2*1-2H3;2*1H4. The normalized spacial score (nSPS) is 37.8. The third-order valence-corrected chi connectivity index (χ3v) is 10.2. The minimum atomic E-state index is -3.56. The second kappa shape index (κ2) is 12.7. The quantitative estimate of drug-likeness (QED) is 0.292. The van der Waals surface area contributed by atoms with Gasteiger partial charge in [0.05, 0.1) is 0 Å². The summed E-state index contributed by atoms with van der Waals surface area (Å²) in [5.41, 5.74) is 0.331. The molecule has 35 heavy (non-hydrogen) atoms. The lowest BCUT2D eigenvalue weighted by molar-refractivity contribution is -0.351. The van der Waals surface area contributed by atoms with Crippen LogP contribution in [0.4, 0.5) is 0 Å². The van der Waals surface area contributed by atoms with E-state index in [2.05, 4.69) is 13.8 Å². The minimum Gasteiger partial charge on any atom is -0.477 e. The Labute approximate surface area is 215 Å². The summed E-state index contributed by atoms with van der Waals surface area (Å²) in [6, 6.07) is 0. The number of hydrogen-bond acceptors (Lipinski definition) is 5. The molecule has 0 aromatic carbocycles. The highest BCUT2D eigenvalue weighted by Crippen LogP contribution is 2.68. The van der Waals surface area contributed by atoms with Gasteiger partial charge in [0, 0.05) is 6.42 Å². The van der Waals surface area contributed by atoms with Crippen molar-refractivity contribution in [1.29, 1.82) is 0 Å². The van der Waals surface area contributed by atoms with E-state index in [1.165, 1.54) is 38.5 Å². The van der Waals surface area contributed by atoms with Gasteiger partial charge in [0.1, 0.15) is 0 Å². The summed E-state index contributed by atoms with van der Waals surface area (Å²) >= 11 is 0. The molecule has 0 saturated heterocycles. The first kappa shape index (κ1) is 34.3. The van der Waals surface area contributed by atoms with E-state index in [9.17, 15) is 25.2 Å². The van der Waals surface area contributed by atoms with Gasteiger partial charge in [-0.1, -0.05) is 69.2 Å². The van der Waals surface area contributed by atoms with Crippen LogP contribution >= 0.6 is 0 Å². The maximum absolute atomic E-state index is 11.1. The largest absolute Gasteiger partial charge is 0.477 e. The zero-order chi connectivity index (χ0) is 25.2. The first-order valence-corrected chi connectivity index (χ1v) is 13.6. The van der Waals surface area contributed by atoms with Gasteiger partial charge in [-0.15, -0.1) is 0 Å². The Morgan fingerprint density at radius 3 is 1.91 bits per heavy atom. The Balaban J connectivity index is 0.00000183.